The molecule has 0 aliphatic rings. The van der Waals surface area contributed by atoms with Gasteiger partial charge in [-0.05, 0) is 21.0 Å². The third kappa shape index (κ3) is 4.79. The van der Waals surface area contributed by atoms with Gasteiger partial charge in [0.05, 0.1) is 7.11 Å². The lowest BCUT2D eigenvalue weighted by Crippen LogP contribution is -2.05. The lowest BCUT2D eigenvalue weighted by Gasteiger charge is -2.04. The highest BCUT2D eigenvalue weighted by molar-refractivity contribution is 5.87. The summed E-state index contributed by atoms with van der Waals surface area (Å²) < 4.78 is 10.1. The van der Waals surface area contributed by atoms with Crippen LogP contribution in [0.1, 0.15) is 35.7 Å². The van der Waals surface area contributed by atoms with Gasteiger partial charge in [-0.3, -0.25) is 0 Å². The maximum atomic E-state index is 11.3. The maximum Gasteiger partial charge on any atom is 0.373 e. The highest BCUT2D eigenvalue weighted by Gasteiger charge is 2.17. The molecule has 0 fully saturated rings. The molecule has 1 rings (SSSR count). The molecule has 1 aromatic heterocycles. The molecule has 2 N–H and O–H groups in total. The molecular formula is C14H24N2O3. The molecule has 1 heterocycles. The largest absolute Gasteiger partial charge is 0.463 e. The van der Waals surface area contributed by atoms with Gasteiger partial charge in [0, 0.05) is 30.8 Å². The van der Waals surface area contributed by atoms with E-state index in [1.54, 1.807) is 6.07 Å². The summed E-state index contributed by atoms with van der Waals surface area (Å²) in [6, 6.07) is 1.70. The van der Waals surface area contributed by atoms with Crippen molar-refractivity contribution in [3.63, 3.8) is 0 Å². The van der Waals surface area contributed by atoms with Gasteiger partial charge >= 0.3 is 5.97 Å². The number of methoxy groups -OCH3 is 1. The van der Waals surface area contributed by atoms with Crippen molar-refractivity contribution in [3.05, 3.63) is 29.2 Å². The SMILES string of the molecule is C/C=C(\NC)c1cc(C(=O)OC)oc1CC.CNC. The van der Waals surface area contributed by atoms with Crippen LogP contribution in [-0.4, -0.2) is 34.2 Å². The van der Waals surface area contributed by atoms with Crippen molar-refractivity contribution < 1.29 is 13.9 Å². The number of nitrogens with one attached hydrogen (secondary N) is 2. The third-order valence-electron chi connectivity index (χ3n) is 2.36. The highest BCUT2D eigenvalue weighted by atomic mass is 16.5. The van der Waals surface area contributed by atoms with Crippen LogP contribution in [0.25, 0.3) is 5.70 Å². The van der Waals surface area contributed by atoms with Crippen LogP contribution in [0.3, 0.4) is 0 Å². The zero-order chi connectivity index (χ0) is 14.8. The number of carbonyl (C=O) groups is 1. The number of rotatable bonds is 4. The van der Waals surface area contributed by atoms with E-state index in [2.05, 4.69) is 15.4 Å². The first kappa shape index (κ1) is 17.2. The Labute approximate surface area is 115 Å². The molecule has 0 amide bonds. The lowest BCUT2D eigenvalue weighted by atomic mass is 10.1. The van der Waals surface area contributed by atoms with Crippen molar-refractivity contribution in [2.24, 2.45) is 0 Å². The second-order valence-corrected chi connectivity index (χ2v) is 3.74. The van der Waals surface area contributed by atoms with Gasteiger partial charge in [0.15, 0.2) is 0 Å². The van der Waals surface area contributed by atoms with E-state index >= 15 is 0 Å². The van der Waals surface area contributed by atoms with Crippen molar-refractivity contribution in [2.45, 2.75) is 20.3 Å². The quantitative estimate of drug-likeness (QED) is 0.818. The van der Waals surface area contributed by atoms with E-state index in [0.29, 0.717) is 0 Å². The normalized spacial score (nSPS) is 10.5. The van der Waals surface area contributed by atoms with E-state index in [9.17, 15) is 4.79 Å². The van der Waals surface area contributed by atoms with Crippen LogP contribution in [0.5, 0.6) is 0 Å². The fraction of sp³-hybridized carbons (Fsp3) is 0.500. The van der Waals surface area contributed by atoms with Gasteiger partial charge < -0.3 is 19.8 Å². The summed E-state index contributed by atoms with van der Waals surface area (Å²) in [5.41, 5.74) is 1.85. The Balaban J connectivity index is 0.000000982. The zero-order valence-electron chi connectivity index (χ0n) is 12.6. The predicted octanol–water partition coefficient (Wildman–Crippen LogP) is 2.04. The maximum absolute atomic E-state index is 11.3. The Morgan fingerprint density at radius 2 is 2.00 bits per heavy atom. The second-order valence-electron chi connectivity index (χ2n) is 3.74. The minimum atomic E-state index is -0.451. The molecule has 0 unspecified atom stereocenters. The van der Waals surface area contributed by atoms with E-state index in [4.69, 9.17) is 4.42 Å². The molecule has 0 spiro atoms. The van der Waals surface area contributed by atoms with Gasteiger partial charge in [-0.2, -0.15) is 0 Å². The highest BCUT2D eigenvalue weighted by Crippen LogP contribution is 2.22. The number of allylic oxidation sites excluding steroid dienone is 1. The summed E-state index contributed by atoms with van der Waals surface area (Å²) in [6.07, 6.45) is 2.66. The summed E-state index contributed by atoms with van der Waals surface area (Å²) in [6.45, 7) is 3.91. The zero-order valence-corrected chi connectivity index (χ0v) is 12.6. The molecule has 0 saturated heterocycles. The van der Waals surface area contributed by atoms with E-state index < -0.39 is 5.97 Å². The Hall–Kier alpha value is -1.75. The topological polar surface area (TPSA) is 63.5 Å². The summed E-state index contributed by atoms with van der Waals surface area (Å²) in [5, 5.41) is 5.81. The summed E-state index contributed by atoms with van der Waals surface area (Å²) in [7, 11) is 6.92. The van der Waals surface area contributed by atoms with Crippen molar-refractivity contribution in [2.75, 3.05) is 28.3 Å². The minimum absolute atomic E-state index is 0.240. The van der Waals surface area contributed by atoms with Crippen LogP contribution >= 0.6 is 0 Å². The second kappa shape index (κ2) is 9.22. The van der Waals surface area contributed by atoms with Crippen LogP contribution < -0.4 is 10.6 Å². The monoisotopic (exact) mass is 268 g/mol. The molecule has 0 aliphatic carbocycles. The fourth-order valence-corrected chi connectivity index (χ4v) is 1.56. The first-order valence-electron chi connectivity index (χ1n) is 6.23. The molecule has 5 nitrogen and oxygen atoms in total. The molecule has 0 radical (unpaired) electrons. The molecule has 0 bridgehead atoms. The van der Waals surface area contributed by atoms with E-state index in [0.717, 1.165) is 23.4 Å². The van der Waals surface area contributed by atoms with E-state index in [1.807, 2.05) is 41.1 Å². The Morgan fingerprint density at radius 1 is 1.42 bits per heavy atom. The number of aryl methyl sites for hydroxylation is 1. The molecule has 5 heteroatoms. The average molecular weight is 268 g/mol. The molecule has 19 heavy (non-hydrogen) atoms. The van der Waals surface area contributed by atoms with Crippen molar-refractivity contribution in [3.8, 4) is 0 Å². The Bertz CT molecular complexity index is 422. The summed E-state index contributed by atoms with van der Waals surface area (Å²) >= 11 is 0. The number of ether oxygens (including phenoxy) is 1. The van der Waals surface area contributed by atoms with Crippen LogP contribution in [0, 0.1) is 0 Å². The number of carbonyl (C=O) groups excluding carboxylic acids is 1. The number of hydrogen-bond acceptors (Lipinski definition) is 5. The predicted molar refractivity (Wildman–Crippen MR) is 77.1 cm³/mol. The van der Waals surface area contributed by atoms with Gasteiger partial charge in [-0.25, -0.2) is 4.79 Å². The van der Waals surface area contributed by atoms with Gasteiger partial charge in [0.2, 0.25) is 5.76 Å². The van der Waals surface area contributed by atoms with Crippen LogP contribution in [0.4, 0.5) is 0 Å². The van der Waals surface area contributed by atoms with Gasteiger partial charge in [-0.15, -0.1) is 0 Å². The molecule has 108 valence electrons. The van der Waals surface area contributed by atoms with Crippen LogP contribution in [0.15, 0.2) is 16.6 Å². The Kier molecular flexibility index (Phi) is 8.37. The standard InChI is InChI=1S/C12H17NO3.C2H7N/c1-5-9(13-3)8-7-11(12(14)15-4)16-10(8)6-2;1-3-2/h5,7,13H,6H2,1-4H3;3H,1-2H3/b9-5-;. The van der Waals surface area contributed by atoms with Crippen LogP contribution in [-0.2, 0) is 11.2 Å². The van der Waals surface area contributed by atoms with Crippen molar-refractivity contribution >= 4 is 11.7 Å². The number of esters is 1. The summed E-state index contributed by atoms with van der Waals surface area (Å²) in [5.74, 6) is 0.569. The first-order valence-corrected chi connectivity index (χ1v) is 6.23. The number of furan rings is 1. The Morgan fingerprint density at radius 3 is 2.37 bits per heavy atom. The van der Waals surface area contributed by atoms with Crippen LogP contribution in [0.2, 0.25) is 0 Å². The fourth-order valence-electron chi connectivity index (χ4n) is 1.56. The van der Waals surface area contributed by atoms with E-state index in [-0.39, 0.29) is 5.76 Å². The summed E-state index contributed by atoms with van der Waals surface area (Å²) in [4.78, 5) is 11.3. The smallest absolute Gasteiger partial charge is 0.373 e. The first-order chi connectivity index (χ1) is 9.09. The molecule has 0 aliphatic heterocycles. The molecule has 0 aromatic carbocycles. The van der Waals surface area contributed by atoms with Crippen molar-refractivity contribution in [1.29, 1.82) is 0 Å². The minimum Gasteiger partial charge on any atom is -0.463 e. The molecular weight excluding hydrogens is 244 g/mol. The van der Waals surface area contributed by atoms with Gasteiger partial charge in [0.25, 0.3) is 0 Å². The molecule has 1 aromatic rings. The molecule has 0 saturated carbocycles. The molecule has 0 atom stereocenters. The van der Waals surface area contributed by atoms with Crippen molar-refractivity contribution in [1.82, 2.24) is 10.6 Å². The number of hydrogen-bond donors (Lipinski definition) is 2. The third-order valence-corrected chi connectivity index (χ3v) is 2.36. The van der Waals surface area contributed by atoms with Gasteiger partial charge in [-0.1, -0.05) is 13.0 Å². The van der Waals surface area contributed by atoms with Gasteiger partial charge in [0.1, 0.15) is 5.76 Å². The van der Waals surface area contributed by atoms with E-state index in [1.165, 1.54) is 7.11 Å². The average Bonchev–Trinajstić information content (AvgIpc) is 2.84. The lowest BCUT2D eigenvalue weighted by molar-refractivity contribution is 0.0563.